The number of ether oxygens (including phenoxy) is 1. The number of aryl methyl sites for hydroxylation is 1. The van der Waals surface area contributed by atoms with Crippen molar-refractivity contribution in [1.29, 1.82) is 0 Å². The Morgan fingerprint density at radius 1 is 1.43 bits per heavy atom. The second-order valence-electron chi connectivity index (χ2n) is 5.01. The number of hydrogen-bond acceptors (Lipinski definition) is 4. The molecule has 1 aromatic carbocycles. The van der Waals surface area contributed by atoms with Gasteiger partial charge >= 0.3 is 0 Å². The van der Waals surface area contributed by atoms with Crippen LogP contribution in [0.3, 0.4) is 0 Å². The van der Waals surface area contributed by atoms with Crippen molar-refractivity contribution in [3.8, 4) is 0 Å². The minimum absolute atomic E-state index is 0.0346. The van der Waals surface area contributed by atoms with E-state index in [1.165, 1.54) is 0 Å². The molecule has 116 valence electrons. The van der Waals surface area contributed by atoms with Gasteiger partial charge in [-0.1, -0.05) is 11.6 Å². The predicted molar refractivity (Wildman–Crippen MR) is 89.4 cm³/mol. The monoisotopic (exact) mass is 328 g/mol. The highest BCUT2D eigenvalue weighted by Gasteiger charge is 2.10. The highest BCUT2D eigenvalue weighted by atomic mass is 35.5. The Labute approximate surface area is 135 Å². The highest BCUT2D eigenvalue weighted by Crippen LogP contribution is 2.19. The lowest BCUT2D eigenvalue weighted by Crippen LogP contribution is -2.37. The van der Waals surface area contributed by atoms with Gasteiger partial charge in [0, 0.05) is 36.1 Å². The molecule has 1 fully saturated rings. The molecule has 1 N–H and O–H groups in total. The largest absolute Gasteiger partial charge is 0.379 e. The third-order valence-corrected chi connectivity index (χ3v) is 4.52. The number of carbonyl (C=O) groups excluding carboxylic acids is 1. The number of carbonyl (C=O) groups is 1. The maximum Gasteiger partial charge on any atom is 0.234 e. The molecule has 1 aliphatic heterocycles. The van der Waals surface area contributed by atoms with Crippen LogP contribution in [0.15, 0.2) is 18.2 Å². The van der Waals surface area contributed by atoms with E-state index in [0.717, 1.165) is 49.9 Å². The van der Waals surface area contributed by atoms with E-state index in [1.54, 1.807) is 17.8 Å². The molecule has 0 unspecified atom stereocenters. The van der Waals surface area contributed by atoms with Gasteiger partial charge in [0.25, 0.3) is 0 Å². The Kier molecular flexibility index (Phi) is 6.83. The van der Waals surface area contributed by atoms with E-state index in [-0.39, 0.29) is 5.91 Å². The average molecular weight is 329 g/mol. The van der Waals surface area contributed by atoms with Crippen molar-refractivity contribution in [2.45, 2.75) is 6.92 Å². The van der Waals surface area contributed by atoms with E-state index in [4.69, 9.17) is 16.3 Å². The van der Waals surface area contributed by atoms with Crippen molar-refractivity contribution in [3.05, 3.63) is 28.8 Å². The number of nitrogens with zero attached hydrogens (tertiary/aromatic N) is 1. The molecule has 4 nitrogen and oxygen atoms in total. The van der Waals surface area contributed by atoms with Crippen molar-refractivity contribution in [1.82, 2.24) is 4.90 Å². The van der Waals surface area contributed by atoms with Gasteiger partial charge in [0.05, 0.1) is 19.0 Å². The first-order valence-corrected chi connectivity index (χ1v) is 8.62. The number of benzene rings is 1. The Morgan fingerprint density at radius 3 is 2.90 bits per heavy atom. The van der Waals surface area contributed by atoms with Crippen LogP contribution >= 0.6 is 23.4 Å². The summed E-state index contributed by atoms with van der Waals surface area (Å²) < 4.78 is 5.31. The van der Waals surface area contributed by atoms with Crippen LogP contribution in [0.25, 0.3) is 0 Å². The first kappa shape index (κ1) is 16.6. The number of rotatable bonds is 6. The van der Waals surface area contributed by atoms with E-state index in [0.29, 0.717) is 10.8 Å². The number of nitrogens with one attached hydrogen (secondary N) is 1. The smallest absolute Gasteiger partial charge is 0.234 e. The SMILES string of the molecule is Cc1cc(Cl)ccc1NC(=O)CSCCN1CCOCC1. The molecule has 2 rings (SSSR count). The molecule has 1 aliphatic rings. The number of amides is 1. The van der Waals surface area contributed by atoms with E-state index in [9.17, 15) is 4.79 Å². The standard InChI is InChI=1S/C15H21ClN2O2S/c1-12-10-13(16)2-3-14(12)17-15(19)11-21-9-6-18-4-7-20-8-5-18/h2-3,10H,4-9,11H2,1H3,(H,17,19). The molecule has 0 saturated carbocycles. The maximum atomic E-state index is 11.9. The van der Waals surface area contributed by atoms with Gasteiger partial charge in [0.15, 0.2) is 0 Å². The Morgan fingerprint density at radius 2 is 2.19 bits per heavy atom. The number of halogens is 1. The summed E-state index contributed by atoms with van der Waals surface area (Å²) in [4.78, 5) is 14.3. The quantitative estimate of drug-likeness (QED) is 0.815. The molecular formula is C15H21ClN2O2S. The van der Waals surface area contributed by atoms with Gasteiger partial charge in [-0.2, -0.15) is 11.8 Å². The molecule has 1 amide bonds. The van der Waals surface area contributed by atoms with Crippen LogP contribution in [-0.4, -0.2) is 55.2 Å². The molecule has 0 spiro atoms. The summed E-state index contributed by atoms with van der Waals surface area (Å²) in [6.07, 6.45) is 0. The molecule has 1 heterocycles. The van der Waals surface area contributed by atoms with E-state index >= 15 is 0 Å². The summed E-state index contributed by atoms with van der Waals surface area (Å²) >= 11 is 7.56. The van der Waals surface area contributed by atoms with Gasteiger partial charge < -0.3 is 10.1 Å². The maximum absolute atomic E-state index is 11.9. The van der Waals surface area contributed by atoms with Crippen molar-refractivity contribution in [3.63, 3.8) is 0 Å². The average Bonchev–Trinajstić information content (AvgIpc) is 2.48. The molecule has 6 heteroatoms. The summed E-state index contributed by atoms with van der Waals surface area (Å²) in [5.41, 5.74) is 1.81. The zero-order valence-corrected chi connectivity index (χ0v) is 13.8. The number of anilines is 1. The molecule has 0 aliphatic carbocycles. The van der Waals surface area contributed by atoms with Gasteiger partial charge in [0.2, 0.25) is 5.91 Å². The van der Waals surface area contributed by atoms with Crippen molar-refractivity contribution >= 4 is 35.0 Å². The van der Waals surface area contributed by atoms with Crippen molar-refractivity contribution in [2.75, 3.05) is 49.7 Å². The molecule has 0 bridgehead atoms. The molecule has 0 aromatic heterocycles. The first-order chi connectivity index (χ1) is 10.1. The zero-order valence-electron chi connectivity index (χ0n) is 12.2. The topological polar surface area (TPSA) is 41.6 Å². The second kappa shape index (κ2) is 8.63. The molecular weight excluding hydrogens is 308 g/mol. The number of hydrogen-bond donors (Lipinski definition) is 1. The molecule has 1 saturated heterocycles. The lowest BCUT2D eigenvalue weighted by molar-refractivity contribution is -0.113. The fourth-order valence-corrected chi connectivity index (χ4v) is 3.15. The van der Waals surface area contributed by atoms with Crippen molar-refractivity contribution in [2.24, 2.45) is 0 Å². The van der Waals surface area contributed by atoms with Crippen LogP contribution in [-0.2, 0) is 9.53 Å². The molecule has 0 radical (unpaired) electrons. The summed E-state index contributed by atoms with van der Waals surface area (Å²) in [5.74, 6) is 1.48. The van der Waals surface area contributed by atoms with Crippen LogP contribution in [0.5, 0.6) is 0 Å². The molecule has 21 heavy (non-hydrogen) atoms. The third-order valence-electron chi connectivity index (χ3n) is 3.35. The zero-order chi connectivity index (χ0) is 15.1. The Bertz CT molecular complexity index is 479. The lowest BCUT2D eigenvalue weighted by Gasteiger charge is -2.26. The van der Waals surface area contributed by atoms with E-state index in [2.05, 4.69) is 10.2 Å². The predicted octanol–water partition coefficient (Wildman–Crippen LogP) is 2.65. The number of thioether (sulfide) groups is 1. The van der Waals surface area contributed by atoms with Crippen LogP contribution < -0.4 is 5.32 Å². The molecule has 1 aromatic rings. The van der Waals surface area contributed by atoms with Gasteiger partial charge in [-0.15, -0.1) is 0 Å². The summed E-state index contributed by atoms with van der Waals surface area (Å²) in [7, 11) is 0. The van der Waals surface area contributed by atoms with Crippen LogP contribution in [0.4, 0.5) is 5.69 Å². The highest BCUT2D eigenvalue weighted by molar-refractivity contribution is 7.99. The Balaban J connectivity index is 1.65. The van der Waals surface area contributed by atoms with Gasteiger partial charge in [-0.3, -0.25) is 9.69 Å². The third kappa shape index (κ3) is 5.87. The molecule has 0 atom stereocenters. The fraction of sp³-hybridized carbons (Fsp3) is 0.533. The summed E-state index contributed by atoms with van der Waals surface area (Å²) in [6.45, 7) is 6.59. The summed E-state index contributed by atoms with van der Waals surface area (Å²) in [6, 6.07) is 5.48. The minimum Gasteiger partial charge on any atom is -0.379 e. The normalized spacial score (nSPS) is 15.9. The first-order valence-electron chi connectivity index (χ1n) is 7.09. The van der Waals surface area contributed by atoms with E-state index < -0.39 is 0 Å². The van der Waals surface area contributed by atoms with Crippen LogP contribution in [0.2, 0.25) is 5.02 Å². The van der Waals surface area contributed by atoms with Crippen LogP contribution in [0.1, 0.15) is 5.56 Å². The number of morpholine rings is 1. The fourth-order valence-electron chi connectivity index (χ4n) is 2.14. The van der Waals surface area contributed by atoms with Gasteiger partial charge in [-0.25, -0.2) is 0 Å². The van der Waals surface area contributed by atoms with Gasteiger partial charge in [-0.05, 0) is 30.7 Å². The Hall–Kier alpha value is -0.750. The lowest BCUT2D eigenvalue weighted by atomic mass is 10.2. The van der Waals surface area contributed by atoms with Crippen molar-refractivity contribution < 1.29 is 9.53 Å². The minimum atomic E-state index is 0.0346. The second-order valence-corrected chi connectivity index (χ2v) is 6.56. The van der Waals surface area contributed by atoms with Gasteiger partial charge in [0.1, 0.15) is 0 Å². The summed E-state index contributed by atoms with van der Waals surface area (Å²) in [5, 5.41) is 3.61. The van der Waals surface area contributed by atoms with Crippen LogP contribution in [0, 0.1) is 6.92 Å². The van der Waals surface area contributed by atoms with E-state index in [1.807, 2.05) is 19.1 Å².